The highest BCUT2D eigenvalue weighted by atomic mass is 19.4. The summed E-state index contributed by atoms with van der Waals surface area (Å²) in [4.78, 5) is 44.6. The average Bonchev–Trinajstić information content (AvgIpc) is 2.83. The summed E-state index contributed by atoms with van der Waals surface area (Å²) in [6.45, 7) is 3.87. The predicted molar refractivity (Wildman–Crippen MR) is 116 cm³/mol. The van der Waals surface area contributed by atoms with E-state index < -0.39 is 81.3 Å². The maximum absolute atomic E-state index is 14.0. The first-order valence-corrected chi connectivity index (χ1v) is 10.8. The second kappa shape index (κ2) is 11.6. The summed E-state index contributed by atoms with van der Waals surface area (Å²) in [6, 6.07) is 0. The molecule has 0 amide bonds. The second-order valence-corrected chi connectivity index (χ2v) is 7.77. The number of methoxy groups -OCH3 is 2. The van der Waals surface area contributed by atoms with Crippen LogP contribution in [0.1, 0.15) is 75.2 Å². The standard InChI is InChI=1S/C23H22F6N2O7/c1-6-7-37-16-11(20(33)35-4)8-30-18(22(24,25)26)13(16)15(32)14-17(38-10(2)3)12(21(34)36-5)9-31-19(14)23(27,28)29/h8-10H,6-7H2,1-5H3. The largest absolute Gasteiger partial charge is 0.492 e. The number of halogens is 6. The summed E-state index contributed by atoms with van der Waals surface area (Å²) < 4.78 is 104. The van der Waals surface area contributed by atoms with Crippen molar-refractivity contribution >= 4 is 17.7 Å². The molecular weight excluding hydrogens is 530 g/mol. The van der Waals surface area contributed by atoms with Gasteiger partial charge in [-0.2, -0.15) is 26.3 Å². The number of hydrogen-bond donors (Lipinski definition) is 0. The highest BCUT2D eigenvalue weighted by Crippen LogP contribution is 2.43. The van der Waals surface area contributed by atoms with Crippen molar-refractivity contribution in [3.8, 4) is 11.5 Å². The van der Waals surface area contributed by atoms with E-state index in [0.29, 0.717) is 12.4 Å². The molecule has 9 nitrogen and oxygen atoms in total. The van der Waals surface area contributed by atoms with Gasteiger partial charge >= 0.3 is 24.3 Å². The van der Waals surface area contributed by atoms with Crippen molar-refractivity contribution in [2.24, 2.45) is 0 Å². The van der Waals surface area contributed by atoms with E-state index in [-0.39, 0.29) is 13.0 Å². The lowest BCUT2D eigenvalue weighted by atomic mass is 9.94. The van der Waals surface area contributed by atoms with Crippen LogP contribution in [0.25, 0.3) is 0 Å². The number of ketones is 1. The molecule has 2 heterocycles. The normalized spacial score (nSPS) is 11.8. The van der Waals surface area contributed by atoms with Crippen LogP contribution in [-0.4, -0.2) is 54.6 Å². The average molecular weight is 552 g/mol. The maximum Gasteiger partial charge on any atom is 0.434 e. The van der Waals surface area contributed by atoms with Crippen LogP contribution < -0.4 is 9.47 Å². The molecule has 208 valence electrons. The third-order valence-electron chi connectivity index (χ3n) is 4.67. The zero-order chi connectivity index (χ0) is 29.0. The number of rotatable bonds is 9. The Morgan fingerprint density at radius 1 is 0.816 bits per heavy atom. The number of aromatic nitrogens is 2. The molecule has 0 N–H and O–H groups in total. The molecule has 0 atom stereocenters. The Morgan fingerprint density at radius 3 is 1.61 bits per heavy atom. The van der Waals surface area contributed by atoms with Crippen LogP contribution in [0.4, 0.5) is 26.3 Å². The minimum Gasteiger partial charge on any atom is -0.492 e. The van der Waals surface area contributed by atoms with Gasteiger partial charge in [-0.15, -0.1) is 0 Å². The fraction of sp³-hybridized carbons (Fsp3) is 0.435. The number of carbonyl (C=O) groups is 3. The van der Waals surface area contributed by atoms with Crippen LogP contribution in [-0.2, 0) is 21.8 Å². The van der Waals surface area contributed by atoms with E-state index >= 15 is 0 Å². The van der Waals surface area contributed by atoms with Crippen LogP contribution in [0.5, 0.6) is 11.5 Å². The van der Waals surface area contributed by atoms with Crippen molar-refractivity contribution in [3.63, 3.8) is 0 Å². The van der Waals surface area contributed by atoms with E-state index in [1.54, 1.807) is 6.92 Å². The summed E-state index contributed by atoms with van der Waals surface area (Å²) in [6.07, 6.45) is -10.7. The summed E-state index contributed by atoms with van der Waals surface area (Å²) in [5.74, 6) is -6.57. The van der Waals surface area contributed by atoms with Gasteiger partial charge in [-0.1, -0.05) is 6.92 Å². The van der Waals surface area contributed by atoms with Crippen molar-refractivity contribution in [3.05, 3.63) is 46.0 Å². The van der Waals surface area contributed by atoms with Crippen LogP contribution in [0.15, 0.2) is 12.4 Å². The van der Waals surface area contributed by atoms with Gasteiger partial charge in [0.05, 0.1) is 38.1 Å². The molecule has 0 fully saturated rings. The van der Waals surface area contributed by atoms with Gasteiger partial charge in [0.2, 0.25) is 5.78 Å². The number of alkyl halides is 6. The number of esters is 2. The zero-order valence-corrected chi connectivity index (χ0v) is 20.7. The Morgan fingerprint density at radius 2 is 1.24 bits per heavy atom. The van der Waals surface area contributed by atoms with Crippen molar-refractivity contribution in [2.75, 3.05) is 20.8 Å². The molecule has 0 bridgehead atoms. The van der Waals surface area contributed by atoms with Crippen molar-refractivity contribution in [1.82, 2.24) is 9.97 Å². The summed E-state index contributed by atoms with van der Waals surface area (Å²) >= 11 is 0. The van der Waals surface area contributed by atoms with E-state index in [1.807, 2.05) is 0 Å². The van der Waals surface area contributed by atoms with Gasteiger partial charge in [0, 0.05) is 12.4 Å². The van der Waals surface area contributed by atoms with Gasteiger partial charge in [0.15, 0.2) is 11.4 Å². The molecule has 0 saturated heterocycles. The molecule has 0 spiro atoms. The van der Waals surface area contributed by atoms with Gasteiger partial charge in [0.1, 0.15) is 22.6 Å². The van der Waals surface area contributed by atoms with Gasteiger partial charge in [0.25, 0.3) is 0 Å². The predicted octanol–water partition coefficient (Wildman–Crippen LogP) is 4.89. The Hall–Kier alpha value is -3.91. The first kappa shape index (κ1) is 30.3. The molecular formula is C23H22F6N2O7. The van der Waals surface area contributed by atoms with E-state index in [0.717, 1.165) is 14.2 Å². The van der Waals surface area contributed by atoms with Crippen LogP contribution in [0.2, 0.25) is 0 Å². The molecule has 38 heavy (non-hydrogen) atoms. The molecule has 0 radical (unpaired) electrons. The molecule has 15 heteroatoms. The first-order chi connectivity index (χ1) is 17.6. The highest BCUT2D eigenvalue weighted by molar-refractivity contribution is 6.16. The summed E-state index contributed by atoms with van der Waals surface area (Å²) in [5.41, 5.74) is -8.49. The van der Waals surface area contributed by atoms with Crippen molar-refractivity contribution in [2.45, 2.75) is 45.6 Å². The van der Waals surface area contributed by atoms with Gasteiger partial charge in [-0.05, 0) is 20.3 Å². The summed E-state index contributed by atoms with van der Waals surface area (Å²) in [7, 11) is 1.76. The van der Waals surface area contributed by atoms with E-state index in [2.05, 4.69) is 19.4 Å². The van der Waals surface area contributed by atoms with Gasteiger partial charge in [-0.25, -0.2) is 19.6 Å². The number of nitrogens with zero attached hydrogens (tertiary/aromatic N) is 2. The molecule has 2 aromatic heterocycles. The Labute approximate surface area is 212 Å². The third-order valence-corrected chi connectivity index (χ3v) is 4.67. The lowest BCUT2D eigenvalue weighted by molar-refractivity contribution is -0.141. The molecule has 0 saturated carbocycles. The molecule has 0 aliphatic rings. The fourth-order valence-electron chi connectivity index (χ4n) is 3.19. The molecule has 0 aromatic carbocycles. The second-order valence-electron chi connectivity index (χ2n) is 7.77. The quantitative estimate of drug-likeness (QED) is 0.244. The minimum absolute atomic E-state index is 0.173. The van der Waals surface area contributed by atoms with Crippen molar-refractivity contribution in [1.29, 1.82) is 0 Å². The highest BCUT2D eigenvalue weighted by Gasteiger charge is 2.46. The fourth-order valence-corrected chi connectivity index (χ4v) is 3.19. The Balaban J connectivity index is 3.15. The smallest absolute Gasteiger partial charge is 0.434 e. The maximum atomic E-state index is 14.0. The zero-order valence-electron chi connectivity index (χ0n) is 20.7. The number of ether oxygens (including phenoxy) is 4. The topological polar surface area (TPSA) is 114 Å². The molecule has 0 unspecified atom stereocenters. The molecule has 0 aliphatic heterocycles. The molecule has 0 aliphatic carbocycles. The van der Waals surface area contributed by atoms with Crippen molar-refractivity contribution < 1.29 is 59.7 Å². The Kier molecular flexibility index (Phi) is 9.29. The van der Waals surface area contributed by atoms with E-state index in [9.17, 15) is 40.7 Å². The third kappa shape index (κ3) is 6.31. The first-order valence-electron chi connectivity index (χ1n) is 10.8. The number of pyridine rings is 2. The lowest BCUT2D eigenvalue weighted by Gasteiger charge is -2.22. The number of hydrogen-bond acceptors (Lipinski definition) is 9. The van der Waals surface area contributed by atoms with Crippen LogP contribution in [0.3, 0.4) is 0 Å². The monoisotopic (exact) mass is 552 g/mol. The van der Waals surface area contributed by atoms with E-state index in [1.165, 1.54) is 13.8 Å². The molecule has 2 rings (SSSR count). The minimum atomic E-state index is -5.40. The number of carbonyl (C=O) groups excluding carboxylic acids is 3. The van der Waals surface area contributed by atoms with Crippen LogP contribution in [0, 0.1) is 0 Å². The van der Waals surface area contributed by atoms with Crippen LogP contribution >= 0.6 is 0 Å². The summed E-state index contributed by atoms with van der Waals surface area (Å²) in [5, 5.41) is 0. The van der Waals surface area contributed by atoms with Gasteiger partial charge in [-0.3, -0.25) is 4.79 Å². The van der Waals surface area contributed by atoms with Gasteiger partial charge < -0.3 is 18.9 Å². The van der Waals surface area contributed by atoms with E-state index in [4.69, 9.17) is 9.47 Å². The lowest BCUT2D eigenvalue weighted by Crippen LogP contribution is -2.25. The Bertz CT molecular complexity index is 1230. The SMILES string of the molecule is CCCOc1c(C(=O)OC)cnc(C(F)(F)F)c1C(=O)c1c(C(F)(F)F)ncc(C(=O)OC)c1OC(C)C. The molecule has 2 aromatic rings.